The summed E-state index contributed by atoms with van der Waals surface area (Å²) in [5.74, 6) is 1.43. The molecule has 2 heterocycles. The number of halogens is 1. The van der Waals surface area contributed by atoms with E-state index in [1.54, 1.807) is 0 Å². The van der Waals surface area contributed by atoms with Crippen molar-refractivity contribution in [3.05, 3.63) is 23.7 Å². The van der Waals surface area contributed by atoms with Crippen molar-refractivity contribution in [3.8, 4) is 0 Å². The molecule has 18 heavy (non-hydrogen) atoms. The first kappa shape index (κ1) is 12.0. The van der Waals surface area contributed by atoms with E-state index in [0.717, 1.165) is 22.6 Å². The van der Waals surface area contributed by atoms with Crippen molar-refractivity contribution in [2.24, 2.45) is 0 Å². The van der Waals surface area contributed by atoms with Gasteiger partial charge in [-0.05, 0) is 31.4 Å². The van der Waals surface area contributed by atoms with Crippen LogP contribution in [0, 0.1) is 6.92 Å². The average molecular weight is 264 g/mol. The number of pyridine rings is 1. The van der Waals surface area contributed by atoms with Crippen LogP contribution in [0.2, 0.25) is 0 Å². The largest absolute Gasteiger partial charge is 0.309 e. The number of fused-ring (bicyclic) bond motifs is 1. The average Bonchev–Trinajstić information content (AvgIpc) is 2.77. The van der Waals surface area contributed by atoms with E-state index in [4.69, 9.17) is 11.6 Å². The Labute approximate surface area is 112 Å². The second kappa shape index (κ2) is 4.88. The van der Waals surface area contributed by atoms with Gasteiger partial charge in [0.05, 0.1) is 5.88 Å². The minimum atomic E-state index is 0.464. The van der Waals surface area contributed by atoms with Gasteiger partial charge in [-0.15, -0.1) is 11.6 Å². The first-order chi connectivity index (χ1) is 8.79. The number of alkyl halides is 1. The third-order valence-electron chi connectivity index (χ3n) is 3.80. The summed E-state index contributed by atoms with van der Waals surface area (Å²) in [7, 11) is 0. The van der Waals surface area contributed by atoms with E-state index >= 15 is 0 Å². The molecule has 0 saturated heterocycles. The minimum Gasteiger partial charge on any atom is -0.309 e. The fourth-order valence-corrected chi connectivity index (χ4v) is 3.14. The van der Waals surface area contributed by atoms with Gasteiger partial charge < -0.3 is 4.57 Å². The molecule has 2 aromatic heterocycles. The summed E-state index contributed by atoms with van der Waals surface area (Å²) in [4.78, 5) is 9.20. The second-order valence-electron chi connectivity index (χ2n) is 5.18. The molecule has 0 aliphatic heterocycles. The molecule has 0 amide bonds. The lowest BCUT2D eigenvalue weighted by Gasteiger charge is -2.24. The Balaban J connectivity index is 2.12. The van der Waals surface area contributed by atoms with Crippen molar-refractivity contribution >= 4 is 22.8 Å². The van der Waals surface area contributed by atoms with Crippen LogP contribution in [0.1, 0.15) is 49.5 Å². The zero-order valence-corrected chi connectivity index (χ0v) is 11.5. The van der Waals surface area contributed by atoms with Crippen molar-refractivity contribution in [3.63, 3.8) is 0 Å². The molecule has 96 valence electrons. The van der Waals surface area contributed by atoms with Gasteiger partial charge in [-0.2, -0.15) is 0 Å². The number of hydrogen-bond acceptors (Lipinski definition) is 2. The summed E-state index contributed by atoms with van der Waals surface area (Å²) in [5.41, 5.74) is 3.14. The molecule has 1 saturated carbocycles. The van der Waals surface area contributed by atoms with Crippen LogP contribution in [0.25, 0.3) is 11.2 Å². The quantitative estimate of drug-likeness (QED) is 0.767. The zero-order valence-electron chi connectivity index (χ0n) is 10.7. The molecule has 3 rings (SSSR count). The molecular weight excluding hydrogens is 246 g/mol. The molecule has 0 radical (unpaired) electrons. The first-order valence-corrected chi connectivity index (χ1v) is 7.22. The first-order valence-electron chi connectivity index (χ1n) is 6.69. The maximum absolute atomic E-state index is 6.05. The molecule has 0 bridgehead atoms. The third-order valence-corrected chi connectivity index (χ3v) is 4.04. The highest BCUT2D eigenvalue weighted by atomic mass is 35.5. The van der Waals surface area contributed by atoms with E-state index < -0.39 is 0 Å². The number of imidazole rings is 1. The normalized spacial score (nSPS) is 17.4. The molecule has 2 aromatic rings. The van der Waals surface area contributed by atoms with Crippen molar-refractivity contribution in [1.82, 2.24) is 14.5 Å². The Morgan fingerprint density at radius 3 is 2.83 bits per heavy atom. The Morgan fingerprint density at radius 1 is 1.33 bits per heavy atom. The molecule has 0 atom stereocenters. The molecule has 0 aromatic carbocycles. The van der Waals surface area contributed by atoms with Crippen LogP contribution in [0.3, 0.4) is 0 Å². The predicted octanol–water partition coefficient (Wildman–Crippen LogP) is 3.98. The highest BCUT2D eigenvalue weighted by molar-refractivity contribution is 6.16. The van der Waals surface area contributed by atoms with Crippen LogP contribution in [-0.4, -0.2) is 14.5 Å². The van der Waals surface area contributed by atoms with Gasteiger partial charge in [-0.3, -0.25) is 0 Å². The van der Waals surface area contributed by atoms with Gasteiger partial charge in [0.2, 0.25) is 0 Å². The standard InChI is InChI=1S/C14H18ClN3/c1-10-7-12-14(16-9-10)18(13(8-15)17-12)11-5-3-2-4-6-11/h7,9,11H,2-6,8H2,1H3. The molecule has 3 nitrogen and oxygen atoms in total. The Hall–Kier alpha value is -1.09. The summed E-state index contributed by atoms with van der Waals surface area (Å²) >= 11 is 6.05. The van der Waals surface area contributed by atoms with E-state index in [-0.39, 0.29) is 0 Å². The van der Waals surface area contributed by atoms with Crippen LogP contribution in [0.15, 0.2) is 12.3 Å². The fraction of sp³-hybridized carbons (Fsp3) is 0.571. The van der Waals surface area contributed by atoms with Crippen molar-refractivity contribution in [1.29, 1.82) is 0 Å². The molecule has 0 N–H and O–H groups in total. The monoisotopic (exact) mass is 263 g/mol. The summed E-state index contributed by atoms with van der Waals surface area (Å²) < 4.78 is 2.28. The number of aromatic nitrogens is 3. The van der Waals surface area contributed by atoms with Gasteiger partial charge in [-0.1, -0.05) is 19.3 Å². The highest BCUT2D eigenvalue weighted by Gasteiger charge is 2.21. The van der Waals surface area contributed by atoms with E-state index in [1.807, 2.05) is 13.1 Å². The molecule has 4 heteroatoms. The van der Waals surface area contributed by atoms with Crippen molar-refractivity contribution < 1.29 is 0 Å². The predicted molar refractivity (Wildman–Crippen MR) is 73.9 cm³/mol. The van der Waals surface area contributed by atoms with E-state index in [0.29, 0.717) is 11.9 Å². The molecule has 0 unspecified atom stereocenters. The van der Waals surface area contributed by atoms with Crippen LogP contribution in [0.4, 0.5) is 0 Å². The lowest BCUT2D eigenvalue weighted by Crippen LogP contribution is -2.15. The summed E-state index contributed by atoms with van der Waals surface area (Å²) in [5, 5.41) is 0. The lowest BCUT2D eigenvalue weighted by atomic mass is 9.95. The molecule has 1 aliphatic rings. The Bertz CT molecular complexity index is 555. The SMILES string of the molecule is Cc1cnc2c(c1)nc(CCl)n2C1CCCCC1. The Kier molecular flexibility index (Phi) is 3.25. The zero-order chi connectivity index (χ0) is 12.5. The molecular formula is C14H18ClN3. The van der Waals surface area contributed by atoms with Gasteiger partial charge in [0.1, 0.15) is 11.3 Å². The number of hydrogen-bond donors (Lipinski definition) is 0. The number of nitrogens with zero attached hydrogens (tertiary/aromatic N) is 3. The second-order valence-corrected chi connectivity index (χ2v) is 5.45. The van der Waals surface area contributed by atoms with E-state index in [1.165, 1.54) is 32.1 Å². The van der Waals surface area contributed by atoms with Gasteiger partial charge in [0, 0.05) is 12.2 Å². The topological polar surface area (TPSA) is 30.7 Å². The van der Waals surface area contributed by atoms with Gasteiger partial charge in [-0.25, -0.2) is 9.97 Å². The van der Waals surface area contributed by atoms with Crippen LogP contribution >= 0.6 is 11.6 Å². The number of rotatable bonds is 2. The summed E-state index contributed by atoms with van der Waals surface area (Å²) in [6.07, 6.45) is 8.33. The van der Waals surface area contributed by atoms with E-state index in [2.05, 4.69) is 20.6 Å². The van der Waals surface area contributed by atoms with Gasteiger partial charge >= 0.3 is 0 Å². The maximum atomic E-state index is 6.05. The smallest absolute Gasteiger partial charge is 0.160 e. The summed E-state index contributed by atoms with van der Waals surface area (Å²) in [6, 6.07) is 2.63. The van der Waals surface area contributed by atoms with Crippen LogP contribution in [-0.2, 0) is 5.88 Å². The Morgan fingerprint density at radius 2 is 2.11 bits per heavy atom. The van der Waals surface area contributed by atoms with Crippen LogP contribution < -0.4 is 0 Å². The highest BCUT2D eigenvalue weighted by Crippen LogP contribution is 2.32. The summed E-state index contributed by atoms with van der Waals surface area (Å²) in [6.45, 7) is 2.05. The van der Waals surface area contributed by atoms with Crippen molar-refractivity contribution in [2.75, 3.05) is 0 Å². The maximum Gasteiger partial charge on any atom is 0.160 e. The van der Waals surface area contributed by atoms with Gasteiger partial charge in [0.25, 0.3) is 0 Å². The number of aryl methyl sites for hydroxylation is 1. The molecule has 1 aliphatic carbocycles. The fourth-order valence-electron chi connectivity index (χ4n) is 2.95. The van der Waals surface area contributed by atoms with Gasteiger partial charge in [0.15, 0.2) is 5.65 Å². The third kappa shape index (κ3) is 2.01. The lowest BCUT2D eigenvalue weighted by molar-refractivity contribution is 0.353. The molecule has 1 fully saturated rings. The van der Waals surface area contributed by atoms with E-state index in [9.17, 15) is 0 Å². The molecule has 0 spiro atoms. The van der Waals surface area contributed by atoms with Crippen molar-refractivity contribution in [2.45, 2.75) is 50.9 Å². The van der Waals surface area contributed by atoms with Crippen LogP contribution in [0.5, 0.6) is 0 Å². The minimum absolute atomic E-state index is 0.464.